The highest BCUT2D eigenvalue weighted by Crippen LogP contribution is 2.37. The van der Waals surface area contributed by atoms with Crippen molar-refractivity contribution in [3.63, 3.8) is 0 Å². The highest BCUT2D eigenvalue weighted by Gasteiger charge is 2.56. The third kappa shape index (κ3) is 1.55. The molecule has 2 saturated heterocycles. The molecule has 13 heavy (non-hydrogen) atoms. The van der Waals surface area contributed by atoms with E-state index in [4.69, 9.17) is 4.74 Å². The van der Waals surface area contributed by atoms with Crippen molar-refractivity contribution in [2.75, 3.05) is 6.61 Å². The minimum absolute atomic E-state index is 0.118. The SMILES string of the molecule is CC(C)=CCC[C@@H]1[C@H]2COC(=O)N12. The zero-order chi connectivity index (χ0) is 9.42. The molecule has 72 valence electrons. The molecule has 0 N–H and O–H groups in total. The van der Waals surface area contributed by atoms with Gasteiger partial charge >= 0.3 is 6.09 Å². The van der Waals surface area contributed by atoms with E-state index in [2.05, 4.69) is 19.9 Å². The lowest BCUT2D eigenvalue weighted by atomic mass is 10.1. The fourth-order valence-corrected chi connectivity index (χ4v) is 1.90. The van der Waals surface area contributed by atoms with E-state index in [0.29, 0.717) is 18.7 Å². The number of nitrogens with zero attached hydrogens (tertiary/aromatic N) is 1. The van der Waals surface area contributed by atoms with Crippen molar-refractivity contribution in [3.8, 4) is 0 Å². The van der Waals surface area contributed by atoms with Crippen LogP contribution >= 0.6 is 0 Å². The van der Waals surface area contributed by atoms with E-state index in [9.17, 15) is 4.79 Å². The summed E-state index contributed by atoms with van der Waals surface area (Å²) >= 11 is 0. The lowest BCUT2D eigenvalue weighted by molar-refractivity contribution is 0.155. The molecule has 0 bridgehead atoms. The van der Waals surface area contributed by atoms with Gasteiger partial charge in [0.1, 0.15) is 6.61 Å². The van der Waals surface area contributed by atoms with Crippen LogP contribution < -0.4 is 0 Å². The Morgan fingerprint density at radius 1 is 1.69 bits per heavy atom. The number of rotatable bonds is 3. The topological polar surface area (TPSA) is 29.3 Å². The Bertz CT molecular complexity index is 256. The average Bonchev–Trinajstić information content (AvgIpc) is 2.60. The lowest BCUT2D eigenvalue weighted by Crippen LogP contribution is -2.12. The number of carbonyl (C=O) groups is 1. The highest BCUT2D eigenvalue weighted by molar-refractivity contribution is 5.74. The smallest absolute Gasteiger partial charge is 0.410 e. The van der Waals surface area contributed by atoms with Crippen LogP contribution in [0.3, 0.4) is 0 Å². The molecule has 2 atom stereocenters. The Kier molecular flexibility index (Phi) is 2.02. The van der Waals surface area contributed by atoms with Crippen molar-refractivity contribution < 1.29 is 9.53 Å². The van der Waals surface area contributed by atoms with Gasteiger partial charge in [0.2, 0.25) is 0 Å². The Morgan fingerprint density at radius 3 is 3.00 bits per heavy atom. The van der Waals surface area contributed by atoms with Gasteiger partial charge < -0.3 is 4.74 Å². The molecule has 0 aliphatic carbocycles. The van der Waals surface area contributed by atoms with Gasteiger partial charge in [0, 0.05) is 0 Å². The zero-order valence-corrected chi connectivity index (χ0v) is 8.12. The first kappa shape index (κ1) is 8.60. The van der Waals surface area contributed by atoms with E-state index in [1.807, 2.05) is 4.90 Å². The molecule has 3 heteroatoms. The number of hydrogen-bond donors (Lipinski definition) is 0. The first-order valence-electron chi connectivity index (χ1n) is 4.78. The monoisotopic (exact) mass is 181 g/mol. The summed E-state index contributed by atoms with van der Waals surface area (Å²) in [6.45, 7) is 4.81. The standard InChI is InChI=1S/C10H15NO2/c1-7(2)4-3-5-8-9-6-13-10(12)11(8)9/h4,8-9H,3,5-6H2,1-2H3/t8-,9-,11?/m1/s1. The number of hydrogen-bond acceptors (Lipinski definition) is 2. The van der Waals surface area contributed by atoms with E-state index in [1.54, 1.807) is 0 Å². The summed E-state index contributed by atoms with van der Waals surface area (Å²) in [5.41, 5.74) is 1.35. The van der Waals surface area contributed by atoms with Gasteiger partial charge in [-0.1, -0.05) is 11.6 Å². The van der Waals surface area contributed by atoms with Crippen molar-refractivity contribution >= 4 is 6.09 Å². The van der Waals surface area contributed by atoms with Crippen molar-refractivity contribution in [2.45, 2.75) is 38.8 Å². The second kappa shape index (κ2) is 3.05. The quantitative estimate of drug-likeness (QED) is 0.492. The molecule has 2 rings (SSSR count). The lowest BCUT2D eigenvalue weighted by Gasteiger charge is -2.01. The Labute approximate surface area is 78.4 Å². The first-order chi connectivity index (χ1) is 6.20. The summed E-state index contributed by atoms with van der Waals surface area (Å²) in [6, 6.07) is 0.870. The van der Waals surface area contributed by atoms with Gasteiger partial charge in [-0.25, -0.2) is 4.79 Å². The molecule has 0 saturated carbocycles. The van der Waals surface area contributed by atoms with Gasteiger partial charge in [0.25, 0.3) is 0 Å². The molecule has 1 amide bonds. The summed E-state index contributed by atoms with van der Waals surface area (Å²) in [7, 11) is 0. The van der Waals surface area contributed by atoms with Crippen LogP contribution in [0.25, 0.3) is 0 Å². The Morgan fingerprint density at radius 2 is 2.46 bits per heavy atom. The van der Waals surface area contributed by atoms with Crippen LogP contribution in [0.4, 0.5) is 4.79 Å². The summed E-state index contributed by atoms with van der Waals surface area (Å²) in [6.07, 6.45) is 4.27. The third-order valence-corrected chi connectivity index (χ3v) is 2.67. The van der Waals surface area contributed by atoms with Crippen LogP contribution in [0.5, 0.6) is 0 Å². The summed E-state index contributed by atoms with van der Waals surface area (Å²) < 4.78 is 4.84. The predicted molar refractivity (Wildman–Crippen MR) is 49.4 cm³/mol. The number of ether oxygens (including phenoxy) is 1. The Hall–Kier alpha value is -0.990. The molecular weight excluding hydrogens is 166 g/mol. The van der Waals surface area contributed by atoms with E-state index in [0.717, 1.165) is 12.8 Å². The van der Waals surface area contributed by atoms with Crippen LogP contribution in [0, 0.1) is 0 Å². The molecule has 2 aliphatic rings. The summed E-state index contributed by atoms with van der Waals surface area (Å²) in [4.78, 5) is 12.9. The van der Waals surface area contributed by atoms with Gasteiger partial charge in [-0.15, -0.1) is 0 Å². The van der Waals surface area contributed by atoms with E-state index < -0.39 is 0 Å². The van der Waals surface area contributed by atoms with Crippen LogP contribution in [0.15, 0.2) is 11.6 Å². The zero-order valence-electron chi connectivity index (χ0n) is 8.12. The second-order valence-corrected chi connectivity index (χ2v) is 3.98. The number of carbonyl (C=O) groups excluding carboxylic acids is 1. The van der Waals surface area contributed by atoms with E-state index in [-0.39, 0.29) is 6.09 Å². The predicted octanol–water partition coefficient (Wildman–Crippen LogP) is 1.94. The largest absolute Gasteiger partial charge is 0.447 e. The van der Waals surface area contributed by atoms with E-state index >= 15 is 0 Å². The molecule has 2 heterocycles. The number of amides is 1. The molecule has 2 fully saturated rings. The maximum Gasteiger partial charge on any atom is 0.410 e. The fraction of sp³-hybridized carbons (Fsp3) is 0.700. The van der Waals surface area contributed by atoms with E-state index in [1.165, 1.54) is 5.57 Å². The minimum Gasteiger partial charge on any atom is -0.447 e. The van der Waals surface area contributed by atoms with Crippen molar-refractivity contribution in [3.05, 3.63) is 11.6 Å². The minimum atomic E-state index is -0.118. The normalized spacial score (nSPS) is 29.7. The van der Waals surface area contributed by atoms with Crippen molar-refractivity contribution in [2.24, 2.45) is 0 Å². The molecule has 0 aromatic carbocycles. The molecule has 3 nitrogen and oxygen atoms in total. The number of fused-ring (bicyclic) bond motifs is 1. The van der Waals surface area contributed by atoms with Crippen LogP contribution in [-0.2, 0) is 4.74 Å². The van der Waals surface area contributed by atoms with Gasteiger partial charge in [-0.2, -0.15) is 0 Å². The Balaban J connectivity index is 1.75. The average molecular weight is 181 g/mol. The van der Waals surface area contributed by atoms with Crippen molar-refractivity contribution in [1.29, 1.82) is 0 Å². The van der Waals surface area contributed by atoms with Crippen LogP contribution in [0.1, 0.15) is 26.7 Å². The van der Waals surface area contributed by atoms with Gasteiger partial charge in [-0.05, 0) is 26.7 Å². The van der Waals surface area contributed by atoms with Gasteiger partial charge in [0.05, 0.1) is 12.1 Å². The maximum atomic E-state index is 11.0. The van der Waals surface area contributed by atoms with Crippen LogP contribution in [0.2, 0.25) is 0 Å². The fourth-order valence-electron chi connectivity index (χ4n) is 1.90. The number of allylic oxidation sites excluding steroid dienone is 2. The molecule has 2 aliphatic heterocycles. The molecule has 0 radical (unpaired) electrons. The molecular formula is C10H15NO2. The molecule has 0 aromatic rings. The third-order valence-electron chi connectivity index (χ3n) is 2.67. The molecule has 0 spiro atoms. The molecule has 0 unspecified atom stereocenters. The number of cyclic esters (lactones) is 1. The second-order valence-electron chi connectivity index (χ2n) is 3.98. The molecule has 0 aromatic heterocycles. The first-order valence-corrected chi connectivity index (χ1v) is 4.78. The maximum absolute atomic E-state index is 11.0. The van der Waals surface area contributed by atoms with Crippen LogP contribution in [-0.4, -0.2) is 29.7 Å². The van der Waals surface area contributed by atoms with Gasteiger partial charge in [0.15, 0.2) is 0 Å². The van der Waals surface area contributed by atoms with Crippen molar-refractivity contribution in [1.82, 2.24) is 4.90 Å². The highest BCUT2D eigenvalue weighted by atomic mass is 16.6. The van der Waals surface area contributed by atoms with Gasteiger partial charge in [-0.3, -0.25) is 4.90 Å². The summed E-state index contributed by atoms with van der Waals surface area (Å²) in [5, 5.41) is 0. The summed E-state index contributed by atoms with van der Waals surface area (Å²) in [5.74, 6) is 0.